The fourth-order valence-electron chi connectivity index (χ4n) is 1.42. The molecule has 2 aromatic rings. The maximum atomic E-state index is 12.0. The van der Waals surface area contributed by atoms with Crippen molar-refractivity contribution in [2.24, 2.45) is 0 Å². The number of ketones is 1. The summed E-state index contributed by atoms with van der Waals surface area (Å²) < 4.78 is 9.63. The summed E-state index contributed by atoms with van der Waals surface area (Å²) in [5, 5.41) is 7.38. The monoisotopic (exact) mass is 282 g/mol. The number of carbonyl (C=O) groups is 2. The maximum absolute atomic E-state index is 12.0. The minimum Gasteiger partial charge on any atom is -0.462 e. The molecule has 0 bridgehead atoms. The molecule has 0 spiro atoms. The van der Waals surface area contributed by atoms with Crippen LogP contribution in [0, 0.1) is 0 Å². The van der Waals surface area contributed by atoms with Gasteiger partial charge < -0.3 is 4.74 Å². The summed E-state index contributed by atoms with van der Waals surface area (Å²) in [6.45, 7) is 3.05. The van der Waals surface area contributed by atoms with Crippen LogP contribution in [0.4, 0.5) is 0 Å². The van der Waals surface area contributed by atoms with Crippen molar-refractivity contribution < 1.29 is 14.3 Å². The molecule has 0 atom stereocenters. The number of fused-ring (bicyclic) bond motifs is 1. The summed E-state index contributed by atoms with van der Waals surface area (Å²) >= 11 is 0.827. The first-order valence-electron chi connectivity index (χ1n) is 5.44. The van der Waals surface area contributed by atoms with Gasteiger partial charge in [-0.15, -0.1) is 5.10 Å². The van der Waals surface area contributed by atoms with Gasteiger partial charge in [0.25, 0.3) is 5.56 Å². The van der Waals surface area contributed by atoms with Gasteiger partial charge in [-0.05, 0) is 25.4 Å². The molecule has 19 heavy (non-hydrogen) atoms. The molecule has 100 valence electrons. The molecule has 9 heteroatoms. The van der Waals surface area contributed by atoms with Crippen LogP contribution in [-0.2, 0) is 16.1 Å². The Hall–Kier alpha value is -2.16. The molecule has 0 fully saturated rings. The minimum absolute atomic E-state index is 0.0179. The smallest absolute Gasteiger partial charge is 0.352 e. The van der Waals surface area contributed by atoms with E-state index in [0.717, 1.165) is 16.2 Å². The Balaban J connectivity index is 2.52. The number of rotatable bonds is 4. The van der Waals surface area contributed by atoms with Crippen LogP contribution in [0.25, 0.3) is 11.0 Å². The van der Waals surface area contributed by atoms with Crippen LogP contribution in [0.2, 0.25) is 0 Å². The van der Waals surface area contributed by atoms with Gasteiger partial charge in [-0.1, -0.05) is 5.21 Å². The van der Waals surface area contributed by atoms with Crippen molar-refractivity contribution in [1.29, 1.82) is 0 Å². The predicted molar refractivity (Wildman–Crippen MR) is 66.1 cm³/mol. The van der Waals surface area contributed by atoms with Gasteiger partial charge in [0.2, 0.25) is 0 Å². The Morgan fingerprint density at radius 1 is 1.37 bits per heavy atom. The van der Waals surface area contributed by atoms with E-state index in [9.17, 15) is 14.4 Å². The second kappa shape index (κ2) is 5.22. The minimum atomic E-state index is -0.590. The van der Waals surface area contributed by atoms with E-state index in [1.807, 2.05) is 0 Å². The van der Waals surface area contributed by atoms with Gasteiger partial charge in [0.05, 0.1) is 6.61 Å². The molecule has 0 unspecified atom stereocenters. The zero-order valence-corrected chi connectivity index (χ0v) is 11.1. The highest BCUT2D eigenvalue weighted by atomic mass is 32.1. The van der Waals surface area contributed by atoms with Crippen LogP contribution in [0.5, 0.6) is 0 Å². The summed E-state index contributed by atoms with van der Waals surface area (Å²) in [5.74, 6) is -0.815. The van der Waals surface area contributed by atoms with Gasteiger partial charge in [-0.3, -0.25) is 9.59 Å². The second-order valence-electron chi connectivity index (χ2n) is 3.68. The van der Waals surface area contributed by atoms with Crippen molar-refractivity contribution >= 4 is 34.3 Å². The van der Waals surface area contributed by atoms with E-state index in [4.69, 9.17) is 4.74 Å². The summed E-state index contributed by atoms with van der Waals surface area (Å²) in [4.78, 5) is 34.7. The zero-order valence-electron chi connectivity index (χ0n) is 10.2. The van der Waals surface area contributed by atoms with Gasteiger partial charge in [0.1, 0.15) is 12.1 Å². The van der Waals surface area contributed by atoms with E-state index in [0.29, 0.717) is 0 Å². The second-order valence-corrected chi connectivity index (χ2v) is 4.46. The Bertz CT molecular complexity index is 705. The number of Topliss-reactive ketones (excluding diaryl/α,β-unsaturated/α-hetero) is 1. The van der Waals surface area contributed by atoms with E-state index in [1.54, 1.807) is 6.92 Å². The predicted octanol–water partition coefficient (Wildman–Crippen LogP) is 0.0137. The van der Waals surface area contributed by atoms with Crippen LogP contribution in [0.15, 0.2) is 4.79 Å². The number of nitrogens with zero attached hydrogens (tertiary/aromatic N) is 4. The van der Waals surface area contributed by atoms with Gasteiger partial charge in [-0.25, -0.2) is 9.48 Å². The van der Waals surface area contributed by atoms with Crippen molar-refractivity contribution in [3.8, 4) is 0 Å². The zero-order chi connectivity index (χ0) is 14.0. The summed E-state index contributed by atoms with van der Waals surface area (Å²) in [6.07, 6.45) is 0. The van der Waals surface area contributed by atoms with Gasteiger partial charge in [-0.2, -0.15) is 4.37 Å². The lowest BCUT2D eigenvalue weighted by Gasteiger charge is -2.00. The molecule has 0 N–H and O–H groups in total. The van der Waals surface area contributed by atoms with Crippen molar-refractivity contribution in [1.82, 2.24) is 19.4 Å². The van der Waals surface area contributed by atoms with E-state index in [-0.39, 0.29) is 34.8 Å². The number of aromatic nitrogens is 4. The Labute approximate surface area is 111 Å². The maximum Gasteiger partial charge on any atom is 0.352 e. The van der Waals surface area contributed by atoms with Gasteiger partial charge in [0.15, 0.2) is 16.2 Å². The Morgan fingerprint density at radius 2 is 2.11 bits per heavy atom. The largest absolute Gasteiger partial charge is 0.462 e. The molecule has 0 saturated carbocycles. The summed E-state index contributed by atoms with van der Waals surface area (Å²) in [6, 6.07) is 0. The molecule has 0 aliphatic carbocycles. The standard InChI is InChI=1S/C10H10N4O4S/c1-3-18-10(17)8-6-7(12-19-8)9(16)14(13-11-6)4-5(2)15/h3-4H2,1-2H3. The third-order valence-electron chi connectivity index (χ3n) is 2.19. The number of esters is 1. The quantitative estimate of drug-likeness (QED) is 0.727. The Kier molecular flexibility index (Phi) is 3.65. The topological polar surface area (TPSA) is 104 Å². The van der Waals surface area contributed by atoms with Crippen molar-refractivity contribution in [3.63, 3.8) is 0 Å². The molecule has 2 aromatic heterocycles. The lowest BCUT2D eigenvalue weighted by Crippen LogP contribution is -2.27. The number of ether oxygens (including phenoxy) is 1. The molecule has 0 aliphatic rings. The highest BCUT2D eigenvalue weighted by Gasteiger charge is 2.20. The van der Waals surface area contributed by atoms with Crippen LogP contribution in [0.3, 0.4) is 0 Å². The molecule has 2 heterocycles. The molecule has 0 aliphatic heterocycles. The molecule has 0 amide bonds. The fourth-order valence-corrected chi connectivity index (χ4v) is 2.13. The van der Waals surface area contributed by atoms with Crippen LogP contribution in [-0.4, -0.2) is 37.7 Å². The van der Waals surface area contributed by atoms with E-state index in [1.165, 1.54) is 6.92 Å². The molecule has 0 aromatic carbocycles. The first-order valence-corrected chi connectivity index (χ1v) is 6.21. The Morgan fingerprint density at radius 3 is 2.74 bits per heavy atom. The fraction of sp³-hybridized carbons (Fsp3) is 0.400. The number of carbonyl (C=O) groups excluding carboxylic acids is 2. The van der Waals surface area contributed by atoms with Gasteiger partial charge in [0, 0.05) is 0 Å². The molecular weight excluding hydrogens is 272 g/mol. The highest BCUT2D eigenvalue weighted by molar-refractivity contribution is 7.09. The lowest BCUT2D eigenvalue weighted by molar-refractivity contribution is -0.117. The van der Waals surface area contributed by atoms with Crippen molar-refractivity contribution in [2.45, 2.75) is 20.4 Å². The normalized spacial score (nSPS) is 10.6. The molecule has 0 radical (unpaired) electrons. The number of hydrogen-bond acceptors (Lipinski definition) is 8. The highest BCUT2D eigenvalue weighted by Crippen LogP contribution is 2.17. The van der Waals surface area contributed by atoms with E-state index in [2.05, 4.69) is 14.7 Å². The first kappa shape index (κ1) is 13.3. The van der Waals surface area contributed by atoms with Crippen LogP contribution >= 0.6 is 11.5 Å². The average molecular weight is 282 g/mol. The van der Waals surface area contributed by atoms with Crippen LogP contribution < -0.4 is 5.56 Å². The van der Waals surface area contributed by atoms with Crippen molar-refractivity contribution in [3.05, 3.63) is 15.2 Å². The third kappa shape index (κ3) is 2.50. The van der Waals surface area contributed by atoms with Gasteiger partial charge >= 0.3 is 5.97 Å². The SMILES string of the molecule is CCOC(=O)c1snc2c(=O)n(CC(C)=O)nnc12. The van der Waals surface area contributed by atoms with E-state index >= 15 is 0 Å². The third-order valence-corrected chi connectivity index (χ3v) is 3.01. The number of hydrogen-bond donors (Lipinski definition) is 0. The van der Waals surface area contributed by atoms with Crippen LogP contribution in [0.1, 0.15) is 23.5 Å². The molecule has 2 rings (SSSR count). The molecule has 8 nitrogen and oxygen atoms in total. The first-order chi connectivity index (χ1) is 9.04. The summed E-state index contributed by atoms with van der Waals surface area (Å²) in [5.41, 5.74) is -0.426. The average Bonchev–Trinajstić information content (AvgIpc) is 2.77. The summed E-state index contributed by atoms with van der Waals surface area (Å²) in [7, 11) is 0. The molecular formula is C10H10N4O4S. The van der Waals surface area contributed by atoms with Crippen molar-refractivity contribution in [2.75, 3.05) is 6.61 Å². The lowest BCUT2D eigenvalue weighted by atomic mass is 10.3. The molecule has 0 saturated heterocycles. The van der Waals surface area contributed by atoms with E-state index < -0.39 is 11.5 Å².